The zero-order valence-corrected chi connectivity index (χ0v) is 22.1. The first-order chi connectivity index (χ1) is 16.1. The standard InChI is InChI=1S/C24H31Cl2N3O4S/c1-17-12-18(2)24(19(3)13-17)34(31,32)29(15-20-4-5-21(25)22(26)14-20)16-23(30)27-6-7-28-8-10-33-11-9-28/h4-5,12-14H,6-11,15-16H2,1-3H3,(H,27,30). The molecule has 34 heavy (non-hydrogen) atoms. The van der Waals surface area contributed by atoms with E-state index in [1.165, 1.54) is 4.31 Å². The molecule has 10 heteroatoms. The number of nitrogens with zero attached hydrogens (tertiary/aromatic N) is 2. The van der Waals surface area contributed by atoms with Gasteiger partial charge in [0.05, 0.1) is 34.7 Å². The third kappa shape index (κ3) is 6.93. The van der Waals surface area contributed by atoms with Gasteiger partial charge in [0.15, 0.2) is 0 Å². The quantitative estimate of drug-likeness (QED) is 0.539. The normalized spacial score (nSPS) is 15.0. The Bertz CT molecular complexity index is 1110. The van der Waals surface area contributed by atoms with Crippen molar-refractivity contribution in [3.8, 4) is 0 Å². The molecule has 3 rings (SSSR count). The van der Waals surface area contributed by atoms with Crippen LogP contribution in [0.4, 0.5) is 0 Å². The van der Waals surface area contributed by atoms with Crippen LogP contribution in [-0.2, 0) is 26.1 Å². The molecule has 186 valence electrons. The summed E-state index contributed by atoms with van der Waals surface area (Å²) in [5.41, 5.74) is 2.90. The maximum Gasteiger partial charge on any atom is 0.244 e. The molecular formula is C24H31Cl2N3O4S. The van der Waals surface area contributed by atoms with Gasteiger partial charge in [-0.25, -0.2) is 8.42 Å². The summed E-state index contributed by atoms with van der Waals surface area (Å²) in [5, 5.41) is 3.56. The maximum atomic E-state index is 13.8. The number of hydrogen-bond acceptors (Lipinski definition) is 5. The molecule has 0 bridgehead atoms. The van der Waals surface area contributed by atoms with Gasteiger partial charge in [-0.05, 0) is 49.6 Å². The van der Waals surface area contributed by atoms with Crippen molar-refractivity contribution in [1.29, 1.82) is 0 Å². The van der Waals surface area contributed by atoms with Crippen LogP contribution >= 0.6 is 23.2 Å². The summed E-state index contributed by atoms with van der Waals surface area (Å²) in [6.45, 7) is 9.26. The molecule has 1 aliphatic rings. The van der Waals surface area contributed by atoms with Gasteiger partial charge in [0.2, 0.25) is 15.9 Å². The number of aryl methyl sites for hydroxylation is 3. The highest BCUT2D eigenvalue weighted by atomic mass is 35.5. The van der Waals surface area contributed by atoms with Gasteiger partial charge in [0.25, 0.3) is 0 Å². The van der Waals surface area contributed by atoms with E-state index in [0.29, 0.717) is 53.0 Å². The van der Waals surface area contributed by atoms with Crippen LogP contribution in [0, 0.1) is 20.8 Å². The Morgan fingerprint density at radius 2 is 1.71 bits per heavy atom. The van der Waals surface area contributed by atoms with Gasteiger partial charge < -0.3 is 10.1 Å². The third-order valence-corrected chi connectivity index (χ3v) is 8.56. The Morgan fingerprint density at radius 3 is 2.32 bits per heavy atom. The first-order valence-corrected chi connectivity index (χ1v) is 13.4. The Labute approximate surface area is 212 Å². The molecule has 1 amide bonds. The number of amides is 1. The predicted molar refractivity (Wildman–Crippen MR) is 135 cm³/mol. The first-order valence-electron chi connectivity index (χ1n) is 11.2. The van der Waals surface area contributed by atoms with Gasteiger partial charge in [-0.3, -0.25) is 9.69 Å². The van der Waals surface area contributed by atoms with E-state index >= 15 is 0 Å². The molecule has 0 saturated carbocycles. The number of ether oxygens (including phenoxy) is 1. The molecule has 0 aliphatic carbocycles. The minimum Gasteiger partial charge on any atom is -0.379 e. The molecule has 0 spiro atoms. The molecule has 0 unspecified atom stereocenters. The summed E-state index contributed by atoms with van der Waals surface area (Å²) in [6, 6.07) is 8.62. The highest BCUT2D eigenvalue weighted by Gasteiger charge is 2.30. The number of benzene rings is 2. The molecule has 0 aromatic heterocycles. The minimum absolute atomic E-state index is 0.0110. The lowest BCUT2D eigenvalue weighted by Gasteiger charge is -2.27. The van der Waals surface area contributed by atoms with Crippen molar-refractivity contribution in [2.45, 2.75) is 32.2 Å². The predicted octanol–water partition coefficient (Wildman–Crippen LogP) is 3.56. The van der Waals surface area contributed by atoms with Crippen molar-refractivity contribution < 1.29 is 17.9 Å². The van der Waals surface area contributed by atoms with Crippen LogP contribution in [0.3, 0.4) is 0 Å². The lowest BCUT2D eigenvalue weighted by atomic mass is 10.1. The van der Waals surface area contributed by atoms with Crippen LogP contribution in [0.5, 0.6) is 0 Å². The largest absolute Gasteiger partial charge is 0.379 e. The number of sulfonamides is 1. The molecule has 1 heterocycles. The van der Waals surface area contributed by atoms with Crippen molar-refractivity contribution in [2.24, 2.45) is 0 Å². The van der Waals surface area contributed by atoms with Gasteiger partial charge in [0.1, 0.15) is 0 Å². The highest BCUT2D eigenvalue weighted by Crippen LogP contribution is 2.28. The van der Waals surface area contributed by atoms with Crippen LogP contribution in [-0.4, -0.2) is 69.5 Å². The first kappa shape index (κ1) is 26.9. The van der Waals surface area contributed by atoms with Crippen molar-refractivity contribution in [1.82, 2.24) is 14.5 Å². The molecule has 1 N–H and O–H groups in total. The Kier molecular flexibility index (Phi) is 9.37. The second-order valence-corrected chi connectivity index (χ2v) is 11.2. The number of carbonyl (C=O) groups is 1. The molecular weight excluding hydrogens is 497 g/mol. The van der Waals surface area contributed by atoms with Crippen LogP contribution in [0.15, 0.2) is 35.2 Å². The summed E-state index contributed by atoms with van der Waals surface area (Å²) >= 11 is 12.2. The van der Waals surface area contributed by atoms with E-state index < -0.39 is 10.0 Å². The van der Waals surface area contributed by atoms with Gasteiger partial charge in [-0.2, -0.15) is 4.31 Å². The molecule has 1 fully saturated rings. The molecule has 0 radical (unpaired) electrons. The zero-order chi connectivity index (χ0) is 24.9. The minimum atomic E-state index is -3.97. The van der Waals surface area contributed by atoms with Crippen LogP contribution < -0.4 is 5.32 Å². The molecule has 2 aromatic rings. The fourth-order valence-electron chi connectivity index (χ4n) is 4.16. The molecule has 7 nitrogen and oxygen atoms in total. The van der Waals surface area contributed by atoms with E-state index in [4.69, 9.17) is 27.9 Å². The maximum absolute atomic E-state index is 13.8. The van der Waals surface area contributed by atoms with E-state index in [2.05, 4.69) is 10.2 Å². The van der Waals surface area contributed by atoms with Crippen LogP contribution in [0.25, 0.3) is 0 Å². The van der Waals surface area contributed by atoms with E-state index in [9.17, 15) is 13.2 Å². The summed E-state index contributed by atoms with van der Waals surface area (Å²) < 4.78 is 34.1. The molecule has 2 aromatic carbocycles. The van der Waals surface area contributed by atoms with Crippen LogP contribution in [0.1, 0.15) is 22.3 Å². The molecule has 0 atom stereocenters. The fraction of sp³-hybridized carbons (Fsp3) is 0.458. The average Bonchev–Trinajstić information content (AvgIpc) is 2.75. The van der Waals surface area contributed by atoms with E-state index in [1.54, 1.807) is 32.0 Å². The summed E-state index contributed by atoms with van der Waals surface area (Å²) in [5.74, 6) is -0.362. The van der Waals surface area contributed by atoms with Crippen molar-refractivity contribution in [3.63, 3.8) is 0 Å². The summed E-state index contributed by atoms with van der Waals surface area (Å²) in [4.78, 5) is 15.2. The van der Waals surface area contributed by atoms with E-state index in [-0.39, 0.29) is 23.9 Å². The summed E-state index contributed by atoms with van der Waals surface area (Å²) in [7, 11) is -3.97. The number of morpholine rings is 1. The highest BCUT2D eigenvalue weighted by molar-refractivity contribution is 7.89. The monoisotopic (exact) mass is 527 g/mol. The van der Waals surface area contributed by atoms with Crippen molar-refractivity contribution in [2.75, 3.05) is 45.9 Å². The van der Waals surface area contributed by atoms with Gasteiger partial charge in [0, 0.05) is 32.7 Å². The molecule has 1 aliphatic heterocycles. The topological polar surface area (TPSA) is 79.0 Å². The van der Waals surface area contributed by atoms with Gasteiger partial charge in [-0.15, -0.1) is 0 Å². The van der Waals surface area contributed by atoms with E-state index in [0.717, 1.165) is 18.7 Å². The fourth-order valence-corrected chi connectivity index (χ4v) is 6.28. The average molecular weight is 529 g/mol. The zero-order valence-electron chi connectivity index (χ0n) is 19.7. The SMILES string of the molecule is Cc1cc(C)c(S(=O)(=O)N(CC(=O)NCCN2CCOCC2)Cc2ccc(Cl)c(Cl)c2)c(C)c1. The van der Waals surface area contributed by atoms with Crippen LogP contribution in [0.2, 0.25) is 10.0 Å². The van der Waals surface area contributed by atoms with Gasteiger partial charge in [-0.1, -0.05) is 47.0 Å². The second kappa shape index (κ2) is 11.8. The Hall–Kier alpha value is -1.68. The summed E-state index contributed by atoms with van der Waals surface area (Å²) in [6.07, 6.45) is 0. The number of halogens is 2. The smallest absolute Gasteiger partial charge is 0.244 e. The Morgan fingerprint density at radius 1 is 1.06 bits per heavy atom. The number of nitrogens with one attached hydrogen (secondary N) is 1. The number of hydrogen-bond donors (Lipinski definition) is 1. The third-order valence-electron chi connectivity index (χ3n) is 5.72. The Balaban J connectivity index is 1.81. The number of rotatable bonds is 9. The van der Waals surface area contributed by atoms with E-state index in [1.807, 2.05) is 19.1 Å². The lowest BCUT2D eigenvalue weighted by molar-refractivity contribution is -0.121. The molecule has 1 saturated heterocycles. The lowest BCUT2D eigenvalue weighted by Crippen LogP contribution is -2.44. The van der Waals surface area contributed by atoms with Crippen molar-refractivity contribution >= 4 is 39.1 Å². The number of carbonyl (C=O) groups excluding carboxylic acids is 1. The van der Waals surface area contributed by atoms with Gasteiger partial charge >= 0.3 is 0 Å². The second-order valence-electron chi connectivity index (χ2n) is 8.55. The van der Waals surface area contributed by atoms with Crippen molar-refractivity contribution in [3.05, 3.63) is 62.6 Å².